The molecule has 2 heterocycles. The Bertz CT molecular complexity index is 624. The third-order valence-electron chi connectivity index (χ3n) is 3.76. The van der Waals surface area contributed by atoms with E-state index in [1.54, 1.807) is 0 Å². The van der Waals surface area contributed by atoms with Crippen LogP contribution >= 0.6 is 15.9 Å². The van der Waals surface area contributed by atoms with Gasteiger partial charge in [0.15, 0.2) is 5.82 Å². The fourth-order valence-corrected chi connectivity index (χ4v) is 3.02. The smallest absolute Gasteiger partial charge is 0.258 e. The summed E-state index contributed by atoms with van der Waals surface area (Å²) in [6, 6.07) is 5.75. The van der Waals surface area contributed by atoms with Gasteiger partial charge in [0.05, 0.1) is 6.04 Å². The van der Waals surface area contributed by atoms with E-state index >= 15 is 0 Å². The molecule has 1 fully saturated rings. The van der Waals surface area contributed by atoms with E-state index in [4.69, 9.17) is 10.3 Å². The molecule has 0 saturated carbocycles. The number of nitrogens with two attached hydrogens (primary N) is 1. The van der Waals surface area contributed by atoms with Gasteiger partial charge in [-0.1, -0.05) is 21.1 Å². The number of likely N-dealkylation sites (N-methyl/N-ethyl adjacent to an activating group) is 2. The van der Waals surface area contributed by atoms with Crippen molar-refractivity contribution in [1.82, 2.24) is 19.9 Å². The van der Waals surface area contributed by atoms with E-state index in [-0.39, 0.29) is 6.04 Å². The molecule has 0 amide bonds. The van der Waals surface area contributed by atoms with Gasteiger partial charge >= 0.3 is 0 Å². The van der Waals surface area contributed by atoms with Crippen LogP contribution in [0.2, 0.25) is 0 Å². The maximum absolute atomic E-state index is 5.85. The topological polar surface area (TPSA) is 71.4 Å². The van der Waals surface area contributed by atoms with Gasteiger partial charge in [0.2, 0.25) is 0 Å². The van der Waals surface area contributed by atoms with Gasteiger partial charge in [-0.2, -0.15) is 4.98 Å². The Morgan fingerprint density at radius 1 is 1.29 bits per heavy atom. The molecule has 0 bridgehead atoms. The number of aromatic nitrogens is 2. The van der Waals surface area contributed by atoms with Crippen molar-refractivity contribution in [3.8, 4) is 11.5 Å². The van der Waals surface area contributed by atoms with Gasteiger partial charge in [-0.05, 0) is 32.3 Å². The van der Waals surface area contributed by atoms with Crippen LogP contribution in [-0.4, -0.2) is 53.7 Å². The molecule has 1 saturated heterocycles. The van der Waals surface area contributed by atoms with Gasteiger partial charge in [-0.15, -0.1) is 0 Å². The minimum Gasteiger partial charge on any atom is -0.399 e. The van der Waals surface area contributed by atoms with Crippen molar-refractivity contribution in [2.75, 3.05) is 39.5 Å². The number of nitrogen functional groups attached to an aromatic ring is 1. The van der Waals surface area contributed by atoms with Crippen LogP contribution < -0.4 is 5.73 Å². The molecule has 0 radical (unpaired) electrons. The number of anilines is 1. The molecule has 21 heavy (non-hydrogen) atoms. The SMILES string of the molecule is CN1CCN(C)C(c2noc(-c3cc(N)cc(Br)c3)n2)C1. The van der Waals surface area contributed by atoms with Crippen molar-refractivity contribution < 1.29 is 4.52 Å². The summed E-state index contributed by atoms with van der Waals surface area (Å²) in [6.07, 6.45) is 0. The second-order valence-corrected chi connectivity index (χ2v) is 6.41. The standard InChI is InChI=1S/C14H18BrN5O/c1-19-3-4-20(2)12(8-19)13-17-14(21-18-13)9-5-10(15)7-11(16)6-9/h5-7,12H,3-4,8,16H2,1-2H3. The fourth-order valence-electron chi connectivity index (χ4n) is 2.51. The Balaban J connectivity index is 1.89. The van der Waals surface area contributed by atoms with E-state index in [0.29, 0.717) is 11.6 Å². The minimum absolute atomic E-state index is 0.158. The molecule has 1 unspecified atom stereocenters. The highest BCUT2D eigenvalue weighted by Crippen LogP contribution is 2.27. The van der Waals surface area contributed by atoms with Gasteiger partial charge < -0.3 is 15.2 Å². The van der Waals surface area contributed by atoms with Crippen LogP contribution in [0.5, 0.6) is 0 Å². The number of piperazine rings is 1. The lowest BCUT2D eigenvalue weighted by Gasteiger charge is -2.35. The van der Waals surface area contributed by atoms with Crippen molar-refractivity contribution in [3.63, 3.8) is 0 Å². The van der Waals surface area contributed by atoms with Crippen LogP contribution in [0.1, 0.15) is 11.9 Å². The minimum atomic E-state index is 0.158. The number of benzene rings is 1. The average Bonchev–Trinajstić information content (AvgIpc) is 2.90. The van der Waals surface area contributed by atoms with E-state index in [9.17, 15) is 0 Å². The lowest BCUT2D eigenvalue weighted by molar-refractivity contribution is 0.108. The zero-order valence-electron chi connectivity index (χ0n) is 12.1. The summed E-state index contributed by atoms with van der Waals surface area (Å²) >= 11 is 3.43. The normalized spacial score (nSPS) is 20.8. The van der Waals surface area contributed by atoms with Crippen molar-refractivity contribution in [2.24, 2.45) is 0 Å². The van der Waals surface area contributed by atoms with Crippen LogP contribution in [0, 0.1) is 0 Å². The van der Waals surface area contributed by atoms with E-state index < -0.39 is 0 Å². The quantitative estimate of drug-likeness (QED) is 0.834. The Morgan fingerprint density at radius 2 is 2.10 bits per heavy atom. The van der Waals surface area contributed by atoms with Crippen molar-refractivity contribution >= 4 is 21.6 Å². The lowest BCUT2D eigenvalue weighted by Crippen LogP contribution is -2.45. The van der Waals surface area contributed by atoms with Crippen LogP contribution in [0.4, 0.5) is 5.69 Å². The summed E-state index contributed by atoms with van der Waals surface area (Å²) in [4.78, 5) is 9.08. The highest BCUT2D eigenvalue weighted by atomic mass is 79.9. The number of hydrogen-bond donors (Lipinski definition) is 1. The van der Waals surface area contributed by atoms with Gasteiger partial charge in [-0.3, -0.25) is 4.90 Å². The summed E-state index contributed by atoms with van der Waals surface area (Å²) in [7, 11) is 4.20. The van der Waals surface area contributed by atoms with Gasteiger partial charge in [0, 0.05) is 35.4 Å². The molecular weight excluding hydrogens is 334 g/mol. The monoisotopic (exact) mass is 351 g/mol. The molecule has 7 heteroatoms. The molecular formula is C14H18BrN5O. The maximum Gasteiger partial charge on any atom is 0.258 e. The molecule has 1 aliphatic rings. The highest BCUT2D eigenvalue weighted by molar-refractivity contribution is 9.10. The summed E-state index contributed by atoms with van der Waals surface area (Å²) < 4.78 is 6.31. The Kier molecular flexibility index (Phi) is 3.97. The number of hydrogen-bond acceptors (Lipinski definition) is 6. The Labute approximate surface area is 132 Å². The zero-order valence-corrected chi connectivity index (χ0v) is 13.7. The molecule has 3 rings (SSSR count). The second-order valence-electron chi connectivity index (χ2n) is 5.49. The van der Waals surface area contributed by atoms with Gasteiger partial charge in [0.1, 0.15) is 0 Å². The molecule has 2 aromatic rings. The first-order valence-corrected chi connectivity index (χ1v) is 7.61. The van der Waals surface area contributed by atoms with Crippen molar-refractivity contribution in [3.05, 3.63) is 28.5 Å². The molecule has 1 atom stereocenters. The maximum atomic E-state index is 5.85. The third kappa shape index (κ3) is 3.09. The molecule has 0 spiro atoms. The Hall–Kier alpha value is -1.44. The number of rotatable bonds is 2. The first kappa shape index (κ1) is 14.5. The number of halogens is 1. The first-order chi connectivity index (χ1) is 10.0. The second kappa shape index (κ2) is 5.75. The summed E-state index contributed by atoms with van der Waals surface area (Å²) in [5.41, 5.74) is 7.34. The third-order valence-corrected chi connectivity index (χ3v) is 4.22. The lowest BCUT2D eigenvalue weighted by atomic mass is 10.1. The van der Waals surface area contributed by atoms with Crippen LogP contribution in [0.25, 0.3) is 11.5 Å². The van der Waals surface area contributed by atoms with Crippen LogP contribution in [-0.2, 0) is 0 Å². The predicted molar refractivity (Wildman–Crippen MR) is 84.7 cm³/mol. The molecule has 0 aliphatic carbocycles. The van der Waals surface area contributed by atoms with E-state index in [0.717, 1.165) is 35.5 Å². The largest absolute Gasteiger partial charge is 0.399 e. The zero-order chi connectivity index (χ0) is 15.0. The molecule has 6 nitrogen and oxygen atoms in total. The van der Waals surface area contributed by atoms with Gasteiger partial charge in [-0.25, -0.2) is 0 Å². The summed E-state index contributed by atoms with van der Waals surface area (Å²) in [5, 5.41) is 4.15. The van der Waals surface area contributed by atoms with Crippen LogP contribution in [0.3, 0.4) is 0 Å². The molecule has 1 aliphatic heterocycles. The van der Waals surface area contributed by atoms with E-state index in [2.05, 4.69) is 50.0 Å². The molecule has 112 valence electrons. The first-order valence-electron chi connectivity index (χ1n) is 6.82. The highest BCUT2D eigenvalue weighted by Gasteiger charge is 2.28. The molecule has 1 aromatic heterocycles. The average molecular weight is 352 g/mol. The van der Waals surface area contributed by atoms with Gasteiger partial charge in [0.25, 0.3) is 5.89 Å². The molecule has 2 N–H and O–H groups in total. The number of nitrogens with zero attached hydrogens (tertiary/aromatic N) is 4. The summed E-state index contributed by atoms with van der Waals surface area (Å²) in [6.45, 7) is 2.95. The van der Waals surface area contributed by atoms with E-state index in [1.165, 1.54) is 0 Å². The van der Waals surface area contributed by atoms with Crippen LogP contribution in [0.15, 0.2) is 27.2 Å². The van der Waals surface area contributed by atoms with Crippen molar-refractivity contribution in [1.29, 1.82) is 0 Å². The Morgan fingerprint density at radius 3 is 2.86 bits per heavy atom. The van der Waals surface area contributed by atoms with E-state index in [1.807, 2.05) is 18.2 Å². The molecule has 1 aromatic carbocycles. The predicted octanol–water partition coefficient (Wildman–Crippen LogP) is 2.00. The fraction of sp³-hybridized carbons (Fsp3) is 0.429. The summed E-state index contributed by atoms with van der Waals surface area (Å²) in [5.74, 6) is 1.22. The van der Waals surface area contributed by atoms with Crippen molar-refractivity contribution in [2.45, 2.75) is 6.04 Å².